The molecule has 0 amide bonds. The number of carbonyl (C=O) groups is 2. The van der Waals surface area contributed by atoms with E-state index in [1.54, 1.807) is 6.92 Å². The minimum Gasteiger partial charge on any atom is -0.465 e. The summed E-state index contributed by atoms with van der Waals surface area (Å²) in [5.74, 6) is -0.390. The van der Waals surface area contributed by atoms with Crippen LogP contribution in [0.4, 0.5) is 5.69 Å². The zero-order valence-electron chi connectivity index (χ0n) is 13.5. The van der Waals surface area contributed by atoms with Crippen LogP contribution in [0, 0.1) is 5.92 Å². The van der Waals surface area contributed by atoms with Gasteiger partial charge in [-0.1, -0.05) is 37.1 Å². The largest absolute Gasteiger partial charge is 0.465 e. The second-order valence-corrected chi connectivity index (χ2v) is 6.05. The molecular formula is C19H21NO3. The first-order valence-electron chi connectivity index (χ1n) is 8.04. The van der Waals surface area contributed by atoms with Gasteiger partial charge in [0.05, 0.1) is 12.8 Å². The molecule has 1 aliphatic heterocycles. The van der Waals surface area contributed by atoms with E-state index < -0.39 is 5.97 Å². The molecule has 0 spiro atoms. The van der Waals surface area contributed by atoms with Crippen LogP contribution in [0.3, 0.4) is 0 Å². The maximum atomic E-state index is 12.8. The van der Waals surface area contributed by atoms with Crippen molar-refractivity contribution >= 4 is 17.4 Å². The Labute approximate surface area is 136 Å². The van der Waals surface area contributed by atoms with Crippen LogP contribution in [-0.2, 0) is 14.3 Å². The lowest BCUT2D eigenvalue weighted by Gasteiger charge is -2.22. The van der Waals surface area contributed by atoms with E-state index in [9.17, 15) is 9.59 Å². The van der Waals surface area contributed by atoms with Crippen molar-refractivity contribution in [1.82, 2.24) is 0 Å². The first-order chi connectivity index (χ1) is 11.1. The number of nitrogens with zero attached hydrogens (tertiary/aromatic N) is 1. The Morgan fingerprint density at radius 2 is 1.87 bits per heavy atom. The van der Waals surface area contributed by atoms with Crippen LogP contribution in [0.2, 0.25) is 0 Å². The summed E-state index contributed by atoms with van der Waals surface area (Å²) in [5, 5.41) is 0. The summed E-state index contributed by atoms with van der Waals surface area (Å²) in [6.07, 6.45) is 6.65. The zero-order valence-corrected chi connectivity index (χ0v) is 13.5. The van der Waals surface area contributed by atoms with Crippen LogP contribution in [0.1, 0.15) is 32.6 Å². The van der Waals surface area contributed by atoms with Gasteiger partial charge in [-0.25, -0.2) is 4.79 Å². The molecule has 0 aromatic heterocycles. The number of benzene rings is 1. The van der Waals surface area contributed by atoms with Gasteiger partial charge in [0.15, 0.2) is 0 Å². The van der Waals surface area contributed by atoms with Gasteiger partial charge in [-0.15, -0.1) is 0 Å². The summed E-state index contributed by atoms with van der Waals surface area (Å²) in [6, 6.07) is 9.67. The van der Waals surface area contributed by atoms with Crippen LogP contribution in [0.25, 0.3) is 0 Å². The first kappa shape index (κ1) is 15.5. The number of anilines is 1. The topological polar surface area (TPSA) is 46.6 Å². The monoisotopic (exact) mass is 311 g/mol. The van der Waals surface area contributed by atoms with E-state index in [0.29, 0.717) is 17.3 Å². The summed E-state index contributed by atoms with van der Waals surface area (Å²) in [6.45, 7) is 1.80. The Morgan fingerprint density at radius 3 is 2.48 bits per heavy atom. The molecule has 1 aliphatic carbocycles. The predicted octanol–water partition coefficient (Wildman–Crippen LogP) is 3.60. The molecule has 1 aromatic rings. The average Bonchev–Trinajstić information content (AvgIpc) is 3.15. The third-order valence-corrected chi connectivity index (χ3v) is 4.60. The molecule has 1 fully saturated rings. The Hall–Kier alpha value is -2.36. The molecule has 1 saturated carbocycles. The Morgan fingerprint density at radius 1 is 1.22 bits per heavy atom. The van der Waals surface area contributed by atoms with Gasteiger partial charge in [0.2, 0.25) is 5.78 Å². The summed E-state index contributed by atoms with van der Waals surface area (Å²) in [7, 11) is 1.31. The quantitative estimate of drug-likeness (QED) is 0.486. The van der Waals surface area contributed by atoms with Crippen LogP contribution in [0.15, 0.2) is 53.4 Å². The Balaban J connectivity index is 2.07. The minimum atomic E-state index is -0.566. The van der Waals surface area contributed by atoms with Crippen molar-refractivity contribution in [2.24, 2.45) is 5.92 Å². The molecule has 1 aromatic carbocycles. The molecule has 4 heteroatoms. The number of esters is 1. The fourth-order valence-electron chi connectivity index (χ4n) is 3.44. The van der Waals surface area contributed by atoms with E-state index in [1.165, 1.54) is 20.0 Å². The number of methoxy groups -OCH3 is 1. The second kappa shape index (κ2) is 6.41. The molecular weight excluding hydrogens is 290 g/mol. The predicted molar refractivity (Wildman–Crippen MR) is 88.7 cm³/mol. The van der Waals surface area contributed by atoms with E-state index in [2.05, 4.69) is 0 Å². The number of hydrogen-bond acceptors (Lipinski definition) is 4. The highest BCUT2D eigenvalue weighted by atomic mass is 16.5. The van der Waals surface area contributed by atoms with Crippen molar-refractivity contribution in [1.29, 1.82) is 0 Å². The van der Waals surface area contributed by atoms with Crippen LogP contribution in [0.5, 0.6) is 0 Å². The standard InChI is InChI=1S/C19H21NO3/c1-13-17(19(22)23-2)18(21)16(12-14-8-6-7-9-14)20(13)15-10-4-3-5-11-15/h3-5,10-12,14H,6-9H2,1-2H3. The molecule has 2 aliphatic rings. The van der Waals surface area contributed by atoms with E-state index in [1.807, 2.05) is 41.3 Å². The van der Waals surface area contributed by atoms with Gasteiger partial charge in [0, 0.05) is 11.4 Å². The van der Waals surface area contributed by atoms with Crippen molar-refractivity contribution in [2.75, 3.05) is 12.0 Å². The Bertz CT molecular complexity index is 682. The maximum absolute atomic E-state index is 12.8. The van der Waals surface area contributed by atoms with Gasteiger partial charge in [-0.3, -0.25) is 4.79 Å². The number of hydrogen-bond donors (Lipinski definition) is 0. The van der Waals surface area contributed by atoms with Crippen LogP contribution >= 0.6 is 0 Å². The van der Waals surface area contributed by atoms with Crippen molar-refractivity contribution in [3.63, 3.8) is 0 Å². The molecule has 120 valence electrons. The number of para-hydroxylation sites is 1. The Kier molecular flexibility index (Phi) is 4.33. The molecule has 1 heterocycles. The lowest BCUT2D eigenvalue weighted by molar-refractivity contribution is -0.137. The van der Waals surface area contributed by atoms with Gasteiger partial charge >= 0.3 is 5.97 Å². The number of Topliss-reactive ketones (excluding diaryl/α,β-unsaturated/α-hetero) is 1. The van der Waals surface area contributed by atoms with E-state index in [0.717, 1.165) is 18.5 Å². The summed E-state index contributed by atoms with van der Waals surface area (Å²) >= 11 is 0. The van der Waals surface area contributed by atoms with E-state index in [-0.39, 0.29) is 11.4 Å². The van der Waals surface area contributed by atoms with E-state index in [4.69, 9.17) is 4.74 Å². The molecule has 0 bridgehead atoms. The highest BCUT2D eigenvalue weighted by Gasteiger charge is 2.38. The number of ketones is 1. The number of allylic oxidation sites excluding steroid dienone is 3. The second-order valence-electron chi connectivity index (χ2n) is 6.05. The van der Waals surface area contributed by atoms with E-state index >= 15 is 0 Å². The number of ether oxygens (including phenoxy) is 1. The number of carbonyl (C=O) groups excluding carboxylic acids is 2. The highest BCUT2D eigenvalue weighted by Crippen LogP contribution is 2.37. The number of rotatable bonds is 3. The fourth-order valence-corrected chi connectivity index (χ4v) is 3.44. The highest BCUT2D eigenvalue weighted by molar-refractivity contribution is 6.28. The zero-order chi connectivity index (χ0) is 16.4. The van der Waals surface area contributed by atoms with Crippen molar-refractivity contribution in [2.45, 2.75) is 32.6 Å². The van der Waals surface area contributed by atoms with Crippen molar-refractivity contribution < 1.29 is 14.3 Å². The van der Waals surface area contributed by atoms with Gasteiger partial charge in [0.25, 0.3) is 0 Å². The van der Waals surface area contributed by atoms with Gasteiger partial charge < -0.3 is 9.64 Å². The lowest BCUT2D eigenvalue weighted by Crippen LogP contribution is -2.19. The molecule has 0 radical (unpaired) electrons. The maximum Gasteiger partial charge on any atom is 0.343 e. The van der Waals surface area contributed by atoms with Gasteiger partial charge in [-0.2, -0.15) is 0 Å². The average molecular weight is 311 g/mol. The van der Waals surface area contributed by atoms with Crippen molar-refractivity contribution in [3.8, 4) is 0 Å². The van der Waals surface area contributed by atoms with Gasteiger partial charge in [0.1, 0.15) is 5.57 Å². The van der Waals surface area contributed by atoms with Crippen LogP contribution in [-0.4, -0.2) is 18.9 Å². The lowest BCUT2D eigenvalue weighted by atomic mass is 10.0. The summed E-state index contributed by atoms with van der Waals surface area (Å²) < 4.78 is 4.81. The van der Waals surface area contributed by atoms with Crippen LogP contribution < -0.4 is 4.90 Å². The smallest absolute Gasteiger partial charge is 0.343 e. The third-order valence-electron chi connectivity index (χ3n) is 4.60. The third kappa shape index (κ3) is 2.81. The molecule has 0 atom stereocenters. The molecule has 0 saturated heterocycles. The normalized spacial score (nSPS) is 20.7. The van der Waals surface area contributed by atoms with Crippen molar-refractivity contribution in [3.05, 3.63) is 53.4 Å². The minimum absolute atomic E-state index is 0.139. The molecule has 0 N–H and O–H groups in total. The molecule has 3 rings (SSSR count). The first-order valence-corrected chi connectivity index (χ1v) is 8.04. The van der Waals surface area contributed by atoms with Gasteiger partial charge in [-0.05, 0) is 37.8 Å². The SMILES string of the molecule is COC(=O)C1=C(C)N(c2ccccc2)C(=CC2CCCC2)C1=O. The molecule has 0 unspecified atom stereocenters. The fraction of sp³-hybridized carbons (Fsp3) is 0.368. The molecule has 23 heavy (non-hydrogen) atoms. The summed E-state index contributed by atoms with van der Waals surface area (Å²) in [4.78, 5) is 26.7. The summed E-state index contributed by atoms with van der Waals surface area (Å²) in [5.41, 5.74) is 2.25. The molecule has 4 nitrogen and oxygen atoms in total.